The first kappa shape index (κ1) is 14.9. The van der Waals surface area contributed by atoms with Gasteiger partial charge in [0.05, 0.1) is 5.69 Å². The van der Waals surface area contributed by atoms with Crippen LogP contribution >= 0.6 is 11.6 Å². The Morgan fingerprint density at radius 3 is 2.70 bits per heavy atom. The Morgan fingerprint density at radius 2 is 2.15 bits per heavy atom. The van der Waals surface area contributed by atoms with E-state index < -0.39 is 0 Å². The van der Waals surface area contributed by atoms with Crippen LogP contribution < -0.4 is 10.1 Å². The molecule has 5 heteroatoms. The molecule has 0 amide bonds. The van der Waals surface area contributed by atoms with Crippen molar-refractivity contribution >= 4 is 11.6 Å². The summed E-state index contributed by atoms with van der Waals surface area (Å²) in [5.74, 6) is 1.41. The molecule has 2 rings (SSSR count). The fourth-order valence-electron chi connectivity index (χ4n) is 2.14. The van der Waals surface area contributed by atoms with E-state index in [4.69, 9.17) is 16.3 Å². The number of hydrogen-bond acceptors (Lipinski definition) is 3. The first-order valence-corrected chi connectivity index (χ1v) is 7.10. The number of aryl methyl sites for hydroxylation is 2. The summed E-state index contributed by atoms with van der Waals surface area (Å²) in [6.45, 7) is 7.01. The van der Waals surface area contributed by atoms with Crippen molar-refractivity contribution in [1.29, 1.82) is 0 Å². The molecular formula is C15H20ClN3O. The monoisotopic (exact) mass is 293 g/mol. The predicted octanol–water partition coefficient (Wildman–Crippen LogP) is 3.84. The molecule has 0 aliphatic carbocycles. The Labute approximate surface area is 124 Å². The van der Waals surface area contributed by atoms with Gasteiger partial charge in [-0.3, -0.25) is 0 Å². The third-order valence-electron chi connectivity index (χ3n) is 3.13. The average molecular weight is 294 g/mol. The molecule has 0 saturated heterocycles. The molecule has 108 valence electrons. The van der Waals surface area contributed by atoms with Gasteiger partial charge in [-0.1, -0.05) is 24.6 Å². The molecule has 1 N–H and O–H groups in total. The maximum atomic E-state index is 6.33. The second-order valence-electron chi connectivity index (χ2n) is 4.81. The highest BCUT2D eigenvalue weighted by molar-refractivity contribution is 6.31. The van der Waals surface area contributed by atoms with Crippen LogP contribution in [0.3, 0.4) is 0 Å². The Balaban J connectivity index is 2.19. The Hall–Kier alpha value is -1.52. The number of rotatable bonds is 5. The SMILES string of the molecule is CCNC(C)c1ccc(Oc2cc(C)nn2C)cc1Cl. The normalized spacial score (nSPS) is 12.4. The topological polar surface area (TPSA) is 39.1 Å². The van der Waals surface area contributed by atoms with Gasteiger partial charge in [0.15, 0.2) is 0 Å². The highest BCUT2D eigenvalue weighted by atomic mass is 35.5. The van der Waals surface area contributed by atoms with E-state index in [9.17, 15) is 0 Å². The van der Waals surface area contributed by atoms with E-state index in [1.54, 1.807) is 4.68 Å². The highest BCUT2D eigenvalue weighted by Crippen LogP contribution is 2.30. The summed E-state index contributed by atoms with van der Waals surface area (Å²) >= 11 is 6.33. The summed E-state index contributed by atoms with van der Waals surface area (Å²) < 4.78 is 7.51. The smallest absolute Gasteiger partial charge is 0.217 e. The molecule has 0 aliphatic heterocycles. The molecule has 1 atom stereocenters. The molecule has 0 bridgehead atoms. The number of nitrogens with zero attached hydrogens (tertiary/aromatic N) is 2. The van der Waals surface area contributed by atoms with Crippen LogP contribution in [0.2, 0.25) is 5.02 Å². The molecule has 0 radical (unpaired) electrons. The maximum absolute atomic E-state index is 6.33. The van der Waals surface area contributed by atoms with Crippen molar-refractivity contribution in [3.8, 4) is 11.6 Å². The third-order valence-corrected chi connectivity index (χ3v) is 3.46. The van der Waals surface area contributed by atoms with Gasteiger partial charge in [0.2, 0.25) is 5.88 Å². The van der Waals surface area contributed by atoms with Gasteiger partial charge in [-0.2, -0.15) is 5.10 Å². The second-order valence-corrected chi connectivity index (χ2v) is 5.22. The van der Waals surface area contributed by atoms with Crippen molar-refractivity contribution in [3.63, 3.8) is 0 Å². The van der Waals surface area contributed by atoms with Crippen LogP contribution in [-0.2, 0) is 7.05 Å². The number of aromatic nitrogens is 2. The minimum Gasteiger partial charge on any atom is -0.439 e. The summed E-state index contributed by atoms with van der Waals surface area (Å²) in [4.78, 5) is 0. The molecule has 4 nitrogen and oxygen atoms in total. The third kappa shape index (κ3) is 3.32. The molecule has 1 unspecified atom stereocenters. The van der Waals surface area contributed by atoms with E-state index in [1.165, 1.54) is 0 Å². The second kappa shape index (κ2) is 6.29. The molecule has 0 saturated carbocycles. The lowest BCUT2D eigenvalue weighted by molar-refractivity contribution is 0.430. The minimum atomic E-state index is 0.223. The van der Waals surface area contributed by atoms with Crippen molar-refractivity contribution in [2.75, 3.05) is 6.54 Å². The van der Waals surface area contributed by atoms with E-state index in [-0.39, 0.29) is 6.04 Å². The largest absolute Gasteiger partial charge is 0.439 e. The highest BCUT2D eigenvalue weighted by Gasteiger charge is 2.11. The first-order valence-electron chi connectivity index (χ1n) is 6.72. The number of hydrogen-bond donors (Lipinski definition) is 1. The average Bonchev–Trinajstić information content (AvgIpc) is 2.68. The molecule has 20 heavy (non-hydrogen) atoms. The molecule has 0 spiro atoms. The lowest BCUT2D eigenvalue weighted by atomic mass is 10.1. The van der Waals surface area contributed by atoms with Crippen LogP contribution in [0.25, 0.3) is 0 Å². The van der Waals surface area contributed by atoms with E-state index in [2.05, 4.69) is 24.3 Å². The summed E-state index contributed by atoms with van der Waals surface area (Å²) in [6, 6.07) is 7.88. The van der Waals surface area contributed by atoms with Crippen molar-refractivity contribution in [3.05, 3.63) is 40.5 Å². The van der Waals surface area contributed by atoms with Crippen LogP contribution in [0.1, 0.15) is 31.1 Å². The van der Waals surface area contributed by atoms with Gasteiger partial charge >= 0.3 is 0 Å². The van der Waals surface area contributed by atoms with Gasteiger partial charge < -0.3 is 10.1 Å². The van der Waals surface area contributed by atoms with E-state index in [1.807, 2.05) is 38.2 Å². The van der Waals surface area contributed by atoms with Crippen LogP contribution in [0.4, 0.5) is 0 Å². The van der Waals surface area contributed by atoms with Crippen molar-refractivity contribution < 1.29 is 4.74 Å². The van der Waals surface area contributed by atoms with Crippen LogP contribution in [0.15, 0.2) is 24.3 Å². The van der Waals surface area contributed by atoms with Gasteiger partial charge in [-0.15, -0.1) is 0 Å². The van der Waals surface area contributed by atoms with Gasteiger partial charge in [0, 0.05) is 24.2 Å². The minimum absolute atomic E-state index is 0.223. The zero-order chi connectivity index (χ0) is 14.7. The molecule has 1 aromatic carbocycles. The fraction of sp³-hybridized carbons (Fsp3) is 0.400. The zero-order valence-electron chi connectivity index (χ0n) is 12.3. The van der Waals surface area contributed by atoms with Gasteiger partial charge in [-0.05, 0) is 38.1 Å². The summed E-state index contributed by atoms with van der Waals surface area (Å²) in [5, 5.41) is 8.30. The molecule has 0 aliphatic rings. The van der Waals surface area contributed by atoms with Crippen molar-refractivity contribution in [1.82, 2.24) is 15.1 Å². The van der Waals surface area contributed by atoms with Gasteiger partial charge in [0.1, 0.15) is 5.75 Å². The number of ether oxygens (including phenoxy) is 1. The summed E-state index contributed by atoms with van der Waals surface area (Å²) in [5.41, 5.74) is 1.99. The first-order chi connectivity index (χ1) is 9.51. The standard InChI is InChI=1S/C15H20ClN3O/c1-5-17-11(3)13-7-6-12(9-14(13)16)20-15-8-10(2)18-19(15)4/h6-9,11,17H,5H2,1-4H3. The van der Waals surface area contributed by atoms with Crippen molar-refractivity contribution in [2.45, 2.75) is 26.8 Å². The van der Waals surface area contributed by atoms with Gasteiger partial charge in [-0.25, -0.2) is 4.68 Å². The summed E-state index contributed by atoms with van der Waals surface area (Å²) in [7, 11) is 1.85. The quantitative estimate of drug-likeness (QED) is 0.910. The Kier molecular flexibility index (Phi) is 4.68. The van der Waals surface area contributed by atoms with Crippen molar-refractivity contribution in [2.24, 2.45) is 7.05 Å². The van der Waals surface area contributed by atoms with Crippen LogP contribution in [-0.4, -0.2) is 16.3 Å². The fourth-order valence-corrected chi connectivity index (χ4v) is 2.48. The molecule has 1 heterocycles. The van der Waals surface area contributed by atoms with E-state index >= 15 is 0 Å². The predicted molar refractivity (Wildman–Crippen MR) is 81.6 cm³/mol. The Morgan fingerprint density at radius 1 is 1.40 bits per heavy atom. The number of benzene rings is 1. The molecule has 1 aromatic heterocycles. The molecule has 2 aromatic rings. The zero-order valence-corrected chi connectivity index (χ0v) is 13.0. The molecular weight excluding hydrogens is 274 g/mol. The maximum Gasteiger partial charge on any atom is 0.217 e. The van der Waals surface area contributed by atoms with Gasteiger partial charge in [0.25, 0.3) is 0 Å². The van der Waals surface area contributed by atoms with Crippen LogP contribution in [0, 0.1) is 6.92 Å². The lowest BCUT2D eigenvalue weighted by Gasteiger charge is -2.15. The lowest BCUT2D eigenvalue weighted by Crippen LogP contribution is -2.17. The van der Waals surface area contributed by atoms with E-state index in [0.29, 0.717) is 16.7 Å². The number of nitrogens with one attached hydrogen (secondary N) is 1. The Bertz CT molecular complexity index is 595. The van der Waals surface area contributed by atoms with E-state index in [0.717, 1.165) is 17.8 Å². The van der Waals surface area contributed by atoms with Crippen LogP contribution in [0.5, 0.6) is 11.6 Å². The summed E-state index contributed by atoms with van der Waals surface area (Å²) in [6.07, 6.45) is 0. The number of halogens is 1. The molecule has 0 fully saturated rings.